The van der Waals surface area contributed by atoms with Crippen LogP contribution in [0.1, 0.15) is 31.0 Å². The molecule has 0 spiro atoms. The summed E-state index contributed by atoms with van der Waals surface area (Å²) in [5, 5.41) is 12.4. The van der Waals surface area contributed by atoms with Crippen LogP contribution in [0.4, 0.5) is 0 Å². The normalized spacial score (nSPS) is 15.7. The number of thiazole rings is 1. The van der Waals surface area contributed by atoms with Gasteiger partial charge in [-0.25, -0.2) is 9.79 Å². The van der Waals surface area contributed by atoms with Crippen molar-refractivity contribution in [2.45, 2.75) is 19.9 Å². The van der Waals surface area contributed by atoms with Gasteiger partial charge in [0.2, 0.25) is 0 Å². The molecule has 3 aromatic carbocycles. The number of hydrogen-bond acceptors (Lipinski definition) is 6. The second kappa shape index (κ2) is 9.28. The molecule has 0 saturated carbocycles. The molecule has 1 atom stereocenters. The lowest BCUT2D eigenvalue weighted by Crippen LogP contribution is -2.39. The minimum atomic E-state index is -0.679. The van der Waals surface area contributed by atoms with Crippen LogP contribution in [-0.4, -0.2) is 22.2 Å². The molecule has 4 aromatic rings. The molecule has 1 aliphatic heterocycles. The summed E-state index contributed by atoms with van der Waals surface area (Å²) in [5.74, 6) is -0.412. The first-order valence-electron chi connectivity index (χ1n) is 11.0. The molecule has 0 aliphatic carbocycles. The zero-order chi connectivity index (χ0) is 24.7. The minimum Gasteiger partial charge on any atom is -0.507 e. The Morgan fingerprint density at radius 1 is 1.17 bits per heavy atom. The number of aromatic nitrogens is 1. The molecule has 0 fully saturated rings. The lowest BCUT2D eigenvalue weighted by molar-refractivity contribution is -0.139. The summed E-state index contributed by atoms with van der Waals surface area (Å²) in [6.07, 6.45) is 1.70. The van der Waals surface area contributed by atoms with Crippen molar-refractivity contribution in [1.29, 1.82) is 0 Å². The molecule has 1 unspecified atom stereocenters. The first kappa shape index (κ1) is 23.3. The standard InChI is InChI=1S/C27H21BrN2O4S/c1-3-34-26(33)23-15(2)29-27-30(24(23)17-8-11-18(28)12-9-17)25(32)22(35-27)14-20-19-7-5-4-6-16(19)10-13-21(20)31/h4-14,24,31H,3H2,1-2H3/b22-14+. The third kappa shape index (κ3) is 4.13. The molecule has 5 rings (SSSR count). The van der Waals surface area contributed by atoms with Gasteiger partial charge in [-0.3, -0.25) is 9.36 Å². The maximum absolute atomic E-state index is 13.8. The van der Waals surface area contributed by atoms with E-state index in [9.17, 15) is 14.7 Å². The average Bonchev–Trinajstić information content (AvgIpc) is 3.15. The topological polar surface area (TPSA) is 80.9 Å². The van der Waals surface area contributed by atoms with Gasteiger partial charge >= 0.3 is 5.97 Å². The molecule has 8 heteroatoms. The Balaban J connectivity index is 1.77. The number of rotatable bonds is 4. The summed E-state index contributed by atoms with van der Waals surface area (Å²) < 4.78 is 8.17. The van der Waals surface area contributed by atoms with E-state index in [-0.39, 0.29) is 17.9 Å². The molecule has 6 nitrogen and oxygen atoms in total. The smallest absolute Gasteiger partial charge is 0.338 e. The number of nitrogens with zero attached hydrogens (tertiary/aromatic N) is 2. The Labute approximate surface area is 213 Å². The van der Waals surface area contributed by atoms with Crippen LogP contribution >= 0.6 is 27.3 Å². The number of ether oxygens (including phenoxy) is 1. The van der Waals surface area contributed by atoms with Crippen molar-refractivity contribution >= 4 is 50.1 Å². The Hall–Kier alpha value is -3.49. The second-order valence-electron chi connectivity index (χ2n) is 8.07. The van der Waals surface area contributed by atoms with Gasteiger partial charge in [0.1, 0.15) is 5.75 Å². The molecular formula is C27H21BrN2O4S. The number of aromatic hydroxyl groups is 1. The Kier molecular flexibility index (Phi) is 6.17. The lowest BCUT2D eigenvalue weighted by Gasteiger charge is -2.24. The van der Waals surface area contributed by atoms with Gasteiger partial charge in [-0.05, 0) is 54.5 Å². The van der Waals surface area contributed by atoms with Gasteiger partial charge in [-0.15, -0.1) is 0 Å². The van der Waals surface area contributed by atoms with E-state index in [1.807, 2.05) is 54.6 Å². The van der Waals surface area contributed by atoms with Crippen LogP contribution in [0.3, 0.4) is 0 Å². The second-order valence-corrected chi connectivity index (χ2v) is 10.00. The third-order valence-electron chi connectivity index (χ3n) is 5.93. The molecule has 0 bridgehead atoms. The van der Waals surface area contributed by atoms with Crippen LogP contribution < -0.4 is 14.9 Å². The molecule has 1 N–H and O–H groups in total. The molecule has 2 heterocycles. The zero-order valence-electron chi connectivity index (χ0n) is 19.0. The maximum atomic E-state index is 13.8. The van der Waals surface area contributed by atoms with Crippen molar-refractivity contribution in [3.63, 3.8) is 0 Å². The predicted molar refractivity (Wildman–Crippen MR) is 140 cm³/mol. The molecule has 0 saturated heterocycles. The number of phenolic OH excluding ortho intramolecular Hbond substituents is 1. The van der Waals surface area contributed by atoms with Crippen molar-refractivity contribution in [2.75, 3.05) is 6.61 Å². The highest BCUT2D eigenvalue weighted by Gasteiger charge is 2.33. The fourth-order valence-electron chi connectivity index (χ4n) is 4.32. The maximum Gasteiger partial charge on any atom is 0.338 e. The summed E-state index contributed by atoms with van der Waals surface area (Å²) in [7, 11) is 0. The Morgan fingerprint density at radius 3 is 2.66 bits per heavy atom. The zero-order valence-corrected chi connectivity index (χ0v) is 21.4. The van der Waals surface area contributed by atoms with E-state index in [0.717, 1.165) is 20.8 Å². The van der Waals surface area contributed by atoms with Crippen LogP contribution in [0.2, 0.25) is 0 Å². The van der Waals surface area contributed by atoms with Crippen molar-refractivity contribution in [3.8, 4) is 5.75 Å². The van der Waals surface area contributed by atoms with Crippen LogP contribution in [0.15, 0.2) is 86.2 Å². The monoisotopic (exact) mass is 548 g/mol. The van der Waals surface area contributed by atoms with Gasteiger partial charge in [0.05, 0.1) is 28.5 Å². The van der Waals surface area contributed by atoms with Crippen LogP contribution in [0, 0.1) is 0 Å². The van der Waals surface area contributed by atoms with E-state index in [1.54, 1.807) is 30.6 Å². The molecule has 0 radical (unpaired) electrons. The predicted octanol–water partition coefficient (Wildman–Crippen LogP) is 4.42. The molecular weight excluding hydrogens is 528 g/mol. The number of carbonyl (C=O) groups is 1. The van der Waals surface area contributed by atoms with Crippen molar-refractivity contribution in [3.05, 3.63) is 107 Å². The van der Waals surface area contributed by atoms with E-state index in [0.29, 0.717) is 26.2 Å². The number of phenols is 1. The van der Waals surface area contributed by atoms with E-state index in [1.165, 1.54) is 11.3 Å². The van der Waals surface area contributed by atoms with Crippen LogP contribution in [-0.2, 0) is 9.53 Å². The van der Waals surface area contributed by atoms with Crippen molar-refractivity contribution in [2.24, 2.45) is 4.99 Å². The lowest BCUT2D eigenvalue weighted by atomic mass is 9.96. The summed E-state index contributed by atoms with van der Waals surface area (Å²) in [6.45, 7) is 3.72. The first-order valence-corrected chi connectivity index (χ1v) is 12.7. The molecule has 1 aliphatic rings. The number of allylic oxidation sites excluding steroid dienone is 1. The number of fused-ring (bicyclic) bond motifs is 2. The first-order chi connectivity index (χ1) is 16.9. The number of esters is 1. The minimum absolute atomic E-state index is 0.0855. The van der Waals surface area contributed by atoms with Gasteiger partial charge in [-0.1, -0.05) is 69.7 Å². The Morgan fingerprint density at radius 2 is 1.91 bits per heavy atom. The van der Waals surface area contributed by atoms with E-state index in [2.05, 4.69) is 20.9 Å². The number of halogens is 1. The highest BCUT2D eigenvalue weighted by molar-refractivity contribution is 9.10. The highest BCUT2D eigenvalue weighted by atomic mass is 79.9. The largest absolute Gasteiger partial charge is 0.507 e. The fraction of sp³-hybridized carbons (Fsp3) is 0.148. The van der Waals surface area contributed by atoms with Crippen LogP contribution in [0.25, 0.3) is 16.8 Å². The van der Waals surface area contributed by atoms with Crippen molar-refractivity contribution < 1.29 is 14.6 Å². The number of hydrogen-bond donors (Lipinski definition) is 1. The van der Waals surface area contributed by atoms with Gasteiger partial charge in [0, 0.05) is 10.0 Å². The number of carbonyl (C=O) groups excluding carboxylic acids is 1. The quantitative estimate of drug-likeness (QED) is 0.383. The Bertz CT molecular complexity index is 1680. The van der Waals surface area contributed by atoms with E-state index >= 15 is 0 Å². The van der Waals surface area contributed by atoms with Crippen molar-refractivity contribution in [1.82, 2.24) is 4.57 Å². The van der Waals surface area contributed by atoms with Gasteiger partial charge in [-0.2, -0.15) is 0 Å². The molecule has 0 amide bonds. The van der Waals surface area contributed by atoms with Crippen LogP contribution in [0.5, 0.6) is 5.75 Å². The summed E-state index contributed by atoms with van der Waals surface area (Å²) >= 11 is 4.67. The third-order valence-corrected chi connectivity index (χ3v) is 7.44. The fourth-order valence-corrected chi connectivity index (χ4v) is 5.61. The molecule has 176 valence electrons. The highest BCUT2D eigenvalue weighted by Crippen LogP contribution is 2.32. The van der Waals surface area contributed by atoms with Gasteiger partial charge < -0.3 is 9.84 Å². The summed E-state index contributed by atoms with van der Waals surface area (Å²) in [5.41, 5.74) is 1.89. The summed E-state index contributed by atoms with van der Waals surface area (Å²) in [6, 6.07) is 18.0. The summed E-state index contributed by atoms with van der Waals surface area (Å²) in [4.78, 5) is 31.8. The van der Waals surface area contributed by atoms with Gasteiger partial charge in [0.25, 0.3) is 5.56 Å². The van der Waals surface area contributed by atoms with E-state index in [4.69, 9.17) is 4.74 Å². The SMILES string of the molecule is CCOC(=O)C1=C(C)N=c2s/c(=C/c3c(O)ccc4ccccc34)c(=O)n2C1c1ccc(Br)cc1. The molecule has 1 aromatic heterocycles. The number of benzene rings is 3. The van der Waals surface area contributed by atoms with E-state index < -0.39 is 12.0 Å². The molecule has 35 heavy (non-hydrogen) atoms. The average molecular weight is 549 g/mol. The van der Waals surface area contributed by atoms with Gasteiger partial charge in [0.15, 0.2) is 4.80 Å².